The van der Waals surface area contributed by atoms with Crippen LogP contribution in [0.3, 0.4) is 0 Å². The van der Waals surface area contributed by atoms with Crippen molar-refractivity contribution in [1.29, 1.82) is 0 Å². The predicted molar refractivity (Wildman–Crippen MR) is 89.2 cm³/mol. The van der Waals surface area contributed by atoms with Crippen LogP contribution in [0.2, 0.25) is 0 Å². The van der Waals surface area contributed by atoms with Gasteiger partial charge in [-0.05, 0) is 24.6 Å². The second kappa shape index (κ2) is 7.69. The highest BCUT2D eigenvalue weighted by atomic mass is 35.5. The standard InChI is InChI=1S/C15H18N2O2.2ClH/c1-3-11-9-16-8-10-6-13-12(7-15(10)19-11)14(18-2)4-5-17-13;;/h4-7,11,16H,3,8-9H2,1-2H3;2*1H/t11-;;/m1../s1. The molecular weight excluding hydrogens is 311 g/mol. The van der Waals surface area contributed by atoms with Crippen molar-refractivity contribution in [2.24, 2.45) is 0 Å². The minimum absolute atomic E-state index is 0. The summed E-state index contributed by atoms with van der Waals surface area (Å²) >= 11 is 0. The third-order valence-corrected chi connectivity index (χ3v) is 3.54. The zero-order chi connectivity index (χ0) is 13.2. The molecule has 0 spiro atoms. The van der Waals surface area contributed by atoms with Crippen LogP contribution in [0.15, 0.2) is 24.4 Å². The van der Waals surface area contributed by atoms with E-state index in [1.807, 2.05) is 12.1 Å². The summed E-state index contributed by atoms with van der Waals surface area (Å²) < 4.78 is 11.5. The van der Waals surface area contributed by atoms with Crippen molar-refractivity contribution in [1.82, 2.24) is 10.3 Å². The van der Waals surface area contributed by atoms with Gasteiger partial charge in [0.2, 0.25) is 0 Å². The molecule has 0 aliphatic carbocycles. The Bertz CT molecular complexity index is 607. The van der Waals surface area contributed by atoms with E-state index in [2.05, 4.69) is 23.3 Å². The molecule has 0 unspecified atom stereocenters. The van der Waals surface area contributed by atoms with E-state index in [0.29, 0.717) is 0 Å². The third-order valence-electron chi connectivity index (χ3n) is 3.54. The second-order valence-electron chi connectivity index (χ2n) is 4.77. The van der Waals surface area contributed by atoms with Gasteiger partial charge in [-0.1, -0.05) is 6.92 Å². The molecule has 0 saturated carbocycles. The van der Waals surface area contributed by atoms with Crippen LogP contribution in [0.1, 0.15) is 18.9 Å². The zero-order valence-electron chi connectivity index (χ0n) is 12.1. The Morgan fingerprint density at radius 1 is 1.38 bits per heavy atom. The van der Waals surface area contributed by atoms with Gasteiger partial charge in [0.1, 0.15) is 17.6 Å². The number of fused-ring (bicyclic) bond motifs is 2. The minimum Gasteiger partial charge on any atom is -0.496 e. The second-order valence-corrected chi connectivity index (χ2v) is 4.77. The van der Waals surface area contributed by atoms with Gasteiger partial charge >= 0.3 is 0 Å². The molecule has 0 bridgehead atoms. The number of nitrogens with zero attached hydrogens (tertiary/aromatic N) is 1. The number of hydrogen-bond acceptors (Lipinski definition) is 4. The molecule has 4 nitrogen and oxygen atoms in total. The highest BCUT2D eigenvalue weighted by Crippen LogP contribution is 2.32. The molecule has 1 aliphatic rings. The zero-order valence-corrected chi connectivity index (χ0v) is 13.7. The molecule has 116 valence electrons. The summed E-state index contributed by atoms with van der Waals surface area (Å²) in [4.78, 5) is 4.40. The molecule has 1 N–H and O–H groups in total. The Hall–Kier alpha value is -1.23. The van der Waals surface area contributed by atoms with Crippen LogP contribution in [0, 0.1) is 0 Å². The fourth-order valence-electron chi connectivity index (χ4n) is 2.43. The predicted octanol–water partition coefficient (Wildman–Crippen LogP) is 3.35. The number of benzene rings is 1. The molecular formula is C15H20Cl2N2O2. The largest absolute Gasteiger partial charge is 0.496 e. The fraction of sp³-hybridized carbons (Fsp3) is 0.400. The van der Waals surface area contributed by atoms with Crippen molar-refractivity contribution in [3.05, 3.63) is 30.0 Å². The Morgan fingerprint density at radius 3 is 2.90 bits per heavy atom. The molecule has 21 heavy (non-hydrogen) atoms. The smallest absolute Gasteiger partial charge is 0.129 e. The van der Waals surface area contributed by atoms with Gasteiger partial charge in [-0.25, -0.2) is 0 Å². The van der Waals surface area contributed by atoms with Gasteiger partial charge in [-0.15, -0.1) is 24.8 Å². The van der Waals surface area contributed by atoms with Crippen LogP contribution in [-0.2, 0) is 6.54 Å². The minimum atomic E-state index is 0. The lowest BCUT2D eigenvalue weighted by molar-refractivity contribution is 0.202. The van der Waals surface area contributed by atoms with Crippen molar-refractivity contribution in [2.45, 2.75) is 26.0 Å². The molecule has 1 aromatic carbocycles. The lowest BCUT2D eigenvalue weighted by Crippen LogP contribution is -2.27. The highest BCUT2D eigenvalue weighted by molar-refractivity contribution is 5.87. The molecule has 3 rings (SSSR count). The van der Waals surface area contributed by atoms with Crippen molar-refractivity contribution >= 4 is 35.7 Å². The number of ether oxygens (including phenoxy) is 2. The molecule has 0 amide bonds. The van der Waals surface area contributed by atoms with Gasteiger partial charge in [0, 0.05) is 30.2 Å². The summed E-state index contributed by atoms with van der Waals surface area (Å²) in [5.41, 5.74) is 2.10. The first-order chi connectivity index (χ1) is 9.31. The fourth-order valence-corrected chi connectivity index (χ4v) is 2.43. The van der Waals surface area contributed by atoms with Crippen molar-refractivity contribution in [2.75, 3.05) is 13.7 Å². The van der Waals surface area contributed by atoms with Gasteiger partial charge in [0.15, 0.2) is 0 Å². The Morgan fingerprint density at radius 2 is 2.19 bits per heavy atom. The van der Waals surface area contributed by atoms with Gasteiger partial charge in [0.25, 0.3) is 0 Å². The lowest BCUT2D eigenvalue weighted by Gasteiger charge is -2.16. The van der Waals surface area contributed by atoms with Gasteiger partial charge < -0.3 is 14.8 Å². The monoisotopic (exact) mass is 330 g/mol. The summed E-state index contributed by atoms with van der Waals surface area (Å²) in [6.07, 6.45) is 2.99. The summed E-state index contributed by atoms with van der Waals surface area (Å²) in [6.45, 7) is 3.84. The van der Waals surface area contributed by atoms with Gasteiger partial charge in [-0.3, -0.25) is 4.98 Å². The Balaban J connectivity index is 0.00000110. The molecule has 1 aliphatic heterocycles. The molecule has 0 radical (unpaired) electrons. The Labute approximate surface area is 137 Å². The van der Waals surface area contributed by atoms with E-state index < -0.39 is 0 Å². The molecule has 1 aromatic heterocycles. The number of hydrogen-bond donors (Lipinski definition) is 1. The maximum atomic E-state index is 6.07. The van der Waals surface area contributed by atoms with E-state index in [4.69, 9.17) is 9.47 Å². The molecule has 0 fully saturated rings. The van der Waals surface area contributed by atoms with Crippen LogP contribution in [0.25, 0.3) is 10.9 Å². The normalized spacial score (nSPS) is 16.8. The number of pyridine rings is 1. The summed E-state index contributed by atoms with van der Waals surface area (Å²) in [7, 11) is 1.68. The molecule has 1 atom stereocenters. The average molecular weight is 331 g/mol. The van der Waals surface area contributed by atoms with Gasteiger partial charge in [-0.2, -0.15) is 0 Å². The van der Waals surface area contributed by atoms with Crippen LogP contribution < -0.4 is 14.8 Å². The lowest BCUT2D eigenvalue weighted by atomic mass is 10.1. The molecule has 2 aromatic rings. The number of halogens is 2. The number of rotatable bonds is 2. The van der Waals surface area contributed by atoms with Crippen molar-refractivity contribution in [3.8, 4) is 11.5 Å². The first kappa shape index (κ1) is 17.8. The van der Waals surface area contributed by atoms with Crippen molar-refractivity contribution in [3.63, 3.8) is 0 Å². The quantitative estimate of drug-likeness (QED) is 0.917. The van der Waals surface area contributed by atoms with E-state index in [0.717, 1.165) is 47.5 Å². The molecule has 6 heteroatoms. The number of aromatic nitrogens is 1. The average Bonchev–Trinajstić information content (AvgIpc) is 2.65. The van der Waals surface area contributed by atoms with E-state index in [-0.39, 0.29) is 30.9 Å². The van der Waals surface area contributed by atoms with Crippen LogP contribution in [0.5, 0.6) is 11.5 Å². The topological polar surface area (TPSA) is 43.4 Å². The third kappa shape index (κ3) is 3.51. The van der Waals surface area contributed by atoms with E-state index in [1.54, 1.807) is 13.3 Å². The summed E-state index contributed by atoms with van der Waals surface area (Å²) in [6, 6.07) is 6.01. The number of nitrogens with one attached hydrogen (secondary N) is 1. The van der Waals surface area contributed by atoms with E-state index in [1.165, 1.54) is 0 Å². The van der Waals surface area contributed by atoms with Crippen molar-refractivity contribution < 1.29 is 9.47 Å². The SMILES string of the molecule is CC[C@@H]1CNCc2cc3nccc(OC)c3cc2O1.Cl.Cl. The van der Waals surface area contributed by atoms with Crippen LogP contribution in [-0.4, -0.2) is 24.7 Å². The van der Waals surface area contributed by atoms with E-state index in [9.17, 15) is 0 Å². The van der Waals surface area contributed by atoms with E-state index >= 15 is 0 Å². The van der Waals surface area contributed by atoms with Crippen LogP contribution in [0.4, 0.5) is 0 Å². The van der Waals surface area contributed by atoms with Gasteiger partial charge in [0.05, 0.1) is 12.6 Å². The maximum absolute atomic E-state index is 6.07. The Kier molecular flexibility index (Phi) is 6.52. The first-order valence-corrected chi connectivity index (χ1v) is 6.64. The van der Waals surface area contributed by atoms with Crippen LogP contribution >= 0.6 is 24.8 Å². The maximum Gasteiger partial charge on any atom is 0.129 e. The summed E-state index contributed by atoms with van der Waals surface area (Å²) in [5, 5.41) is 4.41. The number of methoxy groups -OCH3 is 1. The summed E-state index contributed by atoms with van der Waals surface area (Å²) in [5.74, 6) is 1.78. The first-order valence-electron chi connectivity index (χ1n) is 6.64. The molecule has 0 saturated heterocycles. The molecule has 2 heterocycles. The highest BCUT2D eigenvalue weighted by Gasteiger charge is 2.17.